The van der Waals surface area contributed by atoms with Crippen LogP contribution in [0.2, 0.25) is 0 Å². The van der Waals surface area contributed by atoms with Crippen LogP contribution in [-0.2, 0) is 15.0 Å². The van der Waals surface area contributed by atoms with Gasteiger partial charge in [0.2, 0.25) is 0 Å². The molecule has 0 saturated carbocycles. The summed E-state index contributed by atoms with van der Waals surface area (Å²) in [7, 11) is -3.99. The number of aliphatic carboxylic acids is 1. The van der Waals surface area contributed by atoms with Gasteiger partial charge in [0, 0.05) is 19.5 Å². The Kier molecular flexibility index (Phi) is 6.30. The fourth-order valence-corrected chi connectivity index (χ4v) is 3.11. The first-order valence-corrected chi connectivity index (χ1v) is 7.78. The summed E-state index contributed by atoms with van der Waals surface area (Å²) in [5, 5.41) is 17.8. The maximum absolute atomic E-state index is 12.2. The van der Waals surface area contributed by atoms with Crippen molar-refractivity contribution in [2.75, 3.05) is 13.1 Å². The molecule has 1 rings (SSSR count). The van der Waals surface area contributed by atoms with Gasteiger partial charge >= 0.3 is 5.97 Å². The molecule has 0 fully saturated rings. The van der Waals surface area contributed by atoms with Crippen LogP contribution in [0.5, 0.6) is 0 Å². The highest BCUT2D eigenvalue weighted by atomic mass is 32.2. The molecule has 0 aliphatic carbocycles. The summed E-state index contributed by atoms with van der Waals surface area (Å²) in [5.41, 5.74) is 0.338. The molecule has 0 saturated heterocycles. The van der Waals surface area contributed by atoms with E-state index in [-0.39, 0.29) is 19.5 Å². The summed E-state index contributed by atoms with van der Waals surface area (Å²) in [5.74, 6) is -1.29. The molecule has 0 aliphatic heterocycles. The van der Waals surface area contributed by atoms with Gasteiger partial charge in [-0.3, -0.25) is 4.79 Å². The molecule has 1 aromatic rings. The van der Waals surface area contributed by atoms with Crippen molar-refractivity contribution in [3.63, 3.8) is 0 Å². The Balaban J connectivity index is 2.98. The van der Waals surface area contributed by atoms with Crippen molar-refractivity contribution in [1.29, 1.82) is 5.26 Å². The molecule has 1 aromatic carbocycles. The number of benzene rings is 1. The summed E-state index contributed by atoms with van der Waals surface area (Å²) in [6.07, 6.45) is 0.0395. The predicted molar refractivity (Wildman–Crippen MR) is 76.4 cm³/mol. The number of rotatable bonds is 8. The Morgan fingerprint density at radius 1 is 1.43 bits per heavy atom. The van der Waals surface area contributed by atoms with Crippen LogP contribution in [-0.4, -0.2) is 36.9 Å². The Morgan fingerprint density at radius 3 is 2.52 bits per heavy atom. The summed E-state index contributed by atoms with van der Waals surface area (Å²) < 4.78 is 27.6. The Labute approximate surface area is 124 Å². The van der Waals surface area contributed by atoms with Crippen molar-refractivity contribution in [1.82, 2.24) is 9.03 Å². The fraction of sp³-hybridized carbons (Fsp3) is 0.385. The van der Waals surface area contributed by atoms with Gasteiger partial charge in [-0.2, -0.15) is 22.7 Å². The lowest BCUT2D eigenvalue weighted by Crippen LogP contribution is -2.44. The second-order valence-corrected chi connectivity index (χ2v) is 5.91. The zero-order chi connectivity index (χ0) is 15.9. The smallest absolute Gasteiger partial charge is 0.326 e. The van der Waals surface area contributed by atoms with Crippen molar-refractivity contribution in [3.8, 4) is 6.07 Å². The molecule has 7 nitrogen and oxygen atoms in total. The lowest BCUT2D eigenvalue weighted by Gasteiger charge is -2.22. The fourth-order valence-electron chi connectivity index (χ4n) is 1.75. The van der Waals surface area contributed by atoms with Gasteiger partial charge in [-0.05, 0) is 5.56 Å². The molecule has 0 unspecified atom stereocenters. The topological polar surface area (TPSA) is 111 Å². The number of nitrogens with zero attached hydrogens (tertiary/aromatic N) is 2. The Morgan fingerprint density at radius 2 is 2.05 bits per heavy atom. The van der Waals surface area contributed by atoms with E-state index in [1.807, 2.05) is 6.07 Å². The van der Waals surface area contributed by atoms with E-state index in [0.717, 1.165) is 4.31 Å². The molecule has 21 heavy (non-hydrogen) atoms. The molecule has 1 atom stereocenters. The summed E-state index contributed by atoms with van der Waals surface area (Å²) >= 11 is 0. The maximum Gasteiger partial charge on any atom is 0.326 e. The van der Waals surface area contributed by atoms with E-state index in [0.29, 0.717) is 5.56 Å². The van der Waals surface area contributed by atoms with E-state index < -0.39 is 22.2 Å². The molecular weight excluding hydrogens is 294 g/mol. The molecule has 0 amide bonds. The molecule has 0 aromatic heterocycles. The summed E-state index contributed by atoms with van der Waals surface area (Å²) in [6.45, 7) is 1.79. The summed E-state index contributed by atoms with van der Waals surface area (Å²) in [4.78, 5) is 11.3. The van der Waals surface area contributed by atoms with E-state index in [9.17, 15) is 18.3 Å². The second kappa shape index (κ2) is 7.73. The van der Waals surface area contributed by atoms with Gasteiger partial charge in [0.1, 0.15) is 6.04 Å². The molecule has 0 aliphatic rings. The third-order valence-corrected chi connectivity index (χ3v) is 4.47. The number of carboxylic acids is 1. The molecular formula is C13H17N3O4S. The Hall–Kier alpha value is -1.95. The average molecular weight is 311 g/mol. The zero-order valence-corrected chi connectivity index (χ0v) is 12.4. The number of hydrogen-bond donors (Lipinski definition) is 2. The number of carboxylic acid groups (broad SMARTS) is 1. The van der Waals surface area contributed by atoms with E-state index in [1.54, 1.807) is 25.1 Å². The third kappa shape index (κ3) is 4.82. The minimum absolute atomic E-state index is 0.0173. The van der Waals surface area contributed by atoms with Gasteiger partial charge in [-0.1, -0.05) is 37.3 Å². The van der Waals surface area contributed by atoms with E-state index >= 15 is 0 Å². The van der Waals surface area contributed by atoms with Crippen molar-refractivity contribution in [3.05, 3.63) is 35.9 Å². The van der Waals surface area contributed by atoms with Crippen LogP contribution in [0.3, 0.4) is 0 Å². The maximum atomic E-state index is 12.2. The van der Waals surface area contributed by atoms with Crippen LogP contribution >= 0.6 is 0 Å². The van der Waals surface area contributed by atoms with Crippen LogP contribution in [0.25, 0.3) is 0 Å². The van der Waals surface area contributed by atoms with Crippen molar-refractivity contribution >= 4 is 16.2 Å². The first-order chi connectivity index (χ1) is 9.92. The first-order valence-electron chi connectivity index (χ1n) is 6.34. The number of hydrogen-bond acceptors (Lipinski definition) is 4. The molecule has 8 heteroatoms. The minimum Gasteiger partial charge on any atom is -0.480 e. The zero-order valence-electron chi connectivity index (χ0n) is 11.6. The van der Waals surface area contributed by atoms with Crippen LogP contribution in [0.4, 0.5) is 0 Å². The van der Waals surface area contributed by atoms with Crippen molar-refractivity contribution < 1.29 is 18.3 Å². The third-order valence-electron chi connectivity index (χ3n) is 2.81. The second-order valence-electron chi connectivity index (χ2n) is 4.20. The van der Waals surface area contributed by atoms with Crippen LogP contribution < -0.4 is 4.72 Å². The highest BCUT2D eigenvalue weighted by Gasteiger charge is 2.29. The normalized spacial score (nSPS) is 12.8. The molecule has 2 N–H and O–H groups in total. The van der Waals surface area contributed by atoms with Gasteiger partial charge in [0.25, 0.3) is 10.2 Å². The van der Waals surface area contributed by atoms with Gasteiger partial charge in [-0.15, -0.1) is 0 Å². The lowest BCUT2D eigenvalue weighted by atomic mass is 10.1. The van der Waals surface area contributed by atoms with E-state index in [4.69, 9.17) is 5.26 Å². The minimum atomic E-state index is -3.99. The van der Waals surface area contributed by atoms with Gasteiger partial charge in [-0.25, -0.2) is 0 Å². The van der Waals surface area contributed by atoms with Gasteiger partial charge < -0.3 is 5.11 Å². The van der Waals surface area contributed by atoms with E-state index in [1.165, 1.54) is 12.1 Å². The van der Waals surface area contributed by atoms with Crippen molar-refractivity contribution in [2.45, 2.75) is 19.4 Å². The SMILES string of the molecule is CCN(CCC#N)S(=O)(=O)N[C@H](C(=O)O)c1ccccc1. The van der Waals surface area contributed by atoms with Crippen LogP contribution in [0, 0.1) is 11.3 Å². The van der Waals surface area contributed by atoms with Crippen LogP contribution in [0.15, 0.2) is 30.3 Å². The predicted octanol–water partition coefficient (Wildman–Crippen LogP) is 0.882. The van der Waals surface area contributed by atoms with Crippen LogP contribution in [0.1, 0.15) is 24.9 Å². The summed E-state index contributed by atoms with van der Waals surface area (Å²) in [6, 6.07) is 8.54. The standard InChI is InChI=1S/C13H17N3O4S/c1-2-16(10-6-9-14)21(19,20)15-12(13(17)18)11-7-4-3-5-8-11/h3-5,7-8,12,15H,2,6,10H2,1H3,(H,17,18)/t12-/m0/s1. The Bertz CT molecular complexity index is 610. The molecule has 0 radical (unpaired) electrons. The monoisotopic (exact) mass is 311 g/mol. The molecule has 114 valence electrons. The lowest BCUT2D eigenvalue weighted by molar-refractivity contribution is -0.139. The highest BCUT2D eigenvalue weighted by molar-refractivity contribution is 7.87. The highest BCUT2D eigenvalue weighted by Crippen LogP contribution is 2.15. The first kappa shape index (κ1) is 17.1. The quantitative estimate of drug-likeness (QED) is 0.740. The van der Waals surface area contributed by atoms with Crippen molar-refractivity contribution in [2.24, 2.45) is 0 Å². The largest absolute Gasteiger partial charge is 0.480 e. The van der Waals surface area contributed by atoms with Gasteiger partial charge in [0.05, 0.1) is 6.07 Å². The van der Waals surface area contributed by atoms with E-state index in [2.05, 4.69) is 4.72 Å². The van der Waals surface area contributed by atoms with Gasteiger partial charge in [0.15, 0.2) is 0 Å². The number of nitriles is 1. The molecule has 0 spiro atoms. The molecule has 0 bridgehead atoms. The number of carbonyl (C=O) groups is 1. The molecule has 0 heterocycles. The number of nitrogens with one attached hydrogen (secondary N) is 1. The average Bonchev–Trinajstić information content (AvgIpc) is 2.46.